The molecule has 1 aliphatic rings. The van der Waals surface area contributed by atoms with Gasteiger partial charge in [-0.2, -0.15) is 10.2 Å². The summed E-state index contributed by atoms with van der Waals surface area (Å²) in [5.74, 6) is 0.226. The summed E-state index contributed by atoms with van der Waals surface area (Å²) in [5.41, 5.74) is 2.84. The molecule has 3 aromatic rings. The first-order valence-electron chi connectivity index (χ1n) is 8.68. The number of aromatic amines is 1. The van der Waals surface area contributed by atoms with Crippen molar-refractivity contribution in [3.63, 3.8) is 0 Å². The number of amides is 1. The highest BCUT2D eigenvalue weighted by Crippen LogP contribution is 2.38. The van der Waals surface area contributed by atoms with E-state index in [0.717, 1.165) is 24.1 Å². The predicted octanol–water partition coefficient (Wildman–Crippen LogP) is 1.94. The number of carbonyl (C=O) groups excluding carboxylic acids is 1. The summed E-state index contributed by atoms with van der Waals surface area (Å²) in [5, 5.41) is 14.1. The number of hydrogen-bond donors (Lipinski definition) is 2. The molecule has 1 aliphatic carbocycles. The van der Waals surface area contributed by atoms with Crippen LogP contribution in [0.25, 0.3) is 11.3 Å². The lowest BCUT2D eigenvalue weighted by Crippen LogP contribution is -2.32. The number of hydrogen-bond acceptors (Lipinski definition) is 4. The molecule has 2 heterocycles. The number of aromatic nitrogens is 4. The van der Waals surface area contributed by atoms with Crippen molar-refractivity contribution >= 4 is 5.91 Å². The van der Waals surface area contributed by atoms with E-state index in [-0.39, 0.29) is 11.5 Å². The second-order valence-corrected chi connectivity index (χ2v) is 6.38. The van der Waals surface area contributed by atoms with Crippen molar-refractivity contribution in [2.75, 3.05) is 6.54 Å². The van der Waals surface area contributed by atoms with E-state index in [2.05, 4.69) is 20.6 Å². The largest absolute Gasteiger partial charge is 0.349 e. The van der Waals surface area contributed by atoms with Crippen molar-refractivity contribution in [3.8, 4) is 11.3 Å². The molecule has 1 fully saturated rings. The minimum absolute atomic E-state index is 0.156. The Labute approximate surface area is 150 Å². The first-order chi connectivity index (χ1) is 12.7. The topological polar surface area (TPSA) is 92.7 Å². The van der Waals surface area contributed by atoms with E-state index in [4.69, 9.17) is 0 Å². The zero-order valence-corrected chi connectivity index (χ0v) is 14.2. The Kier molecular flexibility index (Phi) is 4.35. The second kappa shape index (κ2) is 6.95. The number of carbonyl (C=O) groups is 1. The third kappa shape index (κ3) is 3.56. The van der Waals surface area contributed by atoms with Gasteiger partial charge in [0.15, 0.2) is 0 Å². The molecular formula is C19H19N5O2. The highest BCUT2D eigenvalue weighted by molar-refractivity contribution is 5.93. The van der Waals surface area contributed by atoms with Crippen LogP contribution in [0.2, 0.25) is 0 Å². The smallest absolute Gasteiger partial charge is 0.269 e. The normalized spacial score (nSPS) is 13.5. The maximum Gasteiger partial charge on any atom is 0.269 e. The van der Waals surface area contributed by atoms with Crippen molar-refractivity contribution in [2.45, 2.75) is 25.3 Å². The van der Waals surface area contributed by atoms with E-state index in [9.17, 15) is 9.59 Å². The first kappa shape index (κ1) is 16.3. The van der Waals surface area contributed by atoms with Gasteiger partial charge in [0.25, 0.3) is 11.5 Å². The van der Waals surface area contributed by atoms with Crippen LogP contribution in [0.15, 0.2) is 53.3 Å². The zero-order valence-electron chi connectivity index (χ0n) is 14.2. The van der Waals surface area contributed by atoms with Crippen molar-refractivity contribution in [1.82, 2.24) is 25.3 Å². The van der Waals surface area contributed by atoms with Gasteiger partial charge in [-0.25, -0.2) is 4.68 Å². The molecule has 7 nitrogen and oxygen atoms in total. The van der Waals surface area contributed by atoms with Gasteiger partial charge < -0.3 is 5.32 Å². The lowest BCUT2D eigenvalue weighted by molar-refractivity contribution is 0.0946. The van der Waals surface area contributed by atoms with Gasteiger partial charge in [0, 0.05) is 24.1 Å². The van der Waals surface area contributed by atoms with Crippen LogP contribution < -0.4 is 10.9 Å². The number of nitrogens with zero attached hydrogens (tertiary/aromatic N) is 3. The summed E-state index contributed by atoms with van der Waals surface area (Å²) >= 11 is 0. The van der Waals surface area contributed by atoms with Crippen molar-refractivity contribution in [3.05, 3.63) is 70.3 Å². The minimum atomic E-state index is -0.258. The number of benzene rings is 1. The summed E-state index contributed by atoms with van der Waals surface area (Å²) in [6.45, 7) is 0.657. The quantitative estimate of drug-likeness (QED) is 0.711. The van der Waals surface area contributed by atoms with Crippen LogP contribution in [-0.4, -0.2) is 32.4 Å². The number of nitrogens with one attached hydrogen (secondary N) is 2. The standard InChI is InChI=1S/C19H19N5O2/c25-18-9-8-15(14-6-7-14)23-24(18)11-10-20-19(26)17-12-16(21-22-17)13-4-2-1-3-5-13/h1-5,8-9,12,14H,6-7,10-11H2,(H,20,26)(H,21,22). The van der Waals surface area contributed by atoms with Crippen LogP contribution in [-0.2, 0) is 6.54 Å². The molecule has 0 unspecified atom stereocenters. The molecule has 2 aromatic heterocycles. The monoisotopic (exact) mass is 349 g/mol. The maximum atomic E-state index is 12.3. The Morgan fingerprint density at radius 2 is 2.00 bits per heavy atom. The Morgan fingerprint density at radius 3 is 2.77 bits per heavy atom. The molecule has 7 heteroatoms. The fourth-order valence-corrected chi connectivity index (χ4v) is 2.79. The van der Waals surface area contributed by atoms with Crippen LogP contribution in [0.3, 0.4) is 0 Å². The summed E-state index contributed by atoms with van der Waals surface area (Å²) in [4.78, 5) is 24.2. The Hall–Kier alpha value is -3.22. The average molecular weight is 349 g/mol. The summed E-state index contributed by atoms with van der Waals surface area (Å²) in [7, 11) is 0. The van der Waals surface area contributed by atoms with Gasteiger partial charge in [-0.15, -0.1) is 0 Å². The molecule has 1 aromatic carbocycles. The van der Waals surface area contributed by atoms with E-state index < -0.39 is 0 Å². The van der Waals surface area contributed by atoms with Crippen molar-refractivity contribution in [1.29, 1.82) is 0 Å². The Bertz CT molecular complexity index is 973. The van der Waals surface area contributed by atoms with Gasteiger partial charge in [-0.05, 0) is 25.0 Å². The second-order valence-electron chi connectivity index (χ2n) is 6.38. The summed E-state index contributed by atoms with van der Waals surface area (Å²) in [6, 6.07) is 14.7. The van der Waals surface area contributed by atoms with Crippen LogP contribution in [0.4, 0.5) is 0 Å². The summed E-state index contributed by atoms with van der Waals surface area (Å²) in [6.07, 6.45) is 2.26. The van der Waals surface area contributed by atoms with Gasteiger partial charge in [0.2, 0.25) is 0 Å². The lowest BCUT2D eigenvalue weighted by Gasteiger charge is -2.07. The van der Waals surface area contributed by atoms with Crippen molar-refractivity contribution < 1.29 is 4.79 Å². The molecule has 0 radical (unpaired) electrons. The van der Waals surface area contributed by atoms with Gasteiger partial charge >= 0.3 is 0 Å². The minimum Gasteiger partial charge on any atom is -0.349 e. The van der Waals surface area contributed by atoms with Gasteiger partial charge in [-0.3, -0.25) is 14.7 Å². The first-order valence-corrected chi connectivity index (χ1v) is 8.68. The number of rotatable bonds is 6. The highest BCUT2D eigenvalue weighted by Gasteiger charge is 2.25. The van der Waals surface area contributed by atoms with E-state index >= 15 is 0 Å². The fourth-order valence-electron chi connectivity index (χ4n) is 2.79. The van der Waals surface area contributed by atoms with Crippen molar-refractivity contribution in [2.24, 2.45) is 0 Å². The predicted molar refractivity (Wildman–Crippen MR) is 96.8 cm³/mol. The molecule has 132 valence electrons. The molecule has 0 spiro atoms. The molecule has 0 bridgehead atoms. The van der Waals surface area contributed by atoms with E-state index in [1.54, 1.807) is 18.2 Å². The van der Waals surface area contributed by atoms with Gasteiger partial charge in [0.1, 0.15) is 5.69 Å². The lowest BCUT2D eigenvalue weighted by atomic mass is 10.1. The molecule has 2 N–H and O–H groups in total. The van der Waals surface area contributed by atoms with E-state index in [1.807, 2.05) is 30.3 Å². The van der Waals surface area contributed by atoms with E-state index in [0.29, 0.717) is 30.4 Å². The Morgan fingerprint density at radius 1 is 1.19 bits per heavy atom. The molecule has 0 aliphatic heterocycles. The van der Waals surface area contributed by atoms with E-state index in [1.165, 1.54) is 4.68 Å². The molecule has 26 heavy (non-hydrogen) atoms. The van der Waals surface area contributed by atoms with Gasteiger partial charge in [0.05, 0.1) is 17.9 Å². The highest BCUT2D eigenvalue weighted by atomic mass is 16.2. The maximum absolute atomic E-state index is 12.3. The average Bonchev–Trinajstić information content (AvgIpc) is 3.40. The fraction of sp³-hybridized carbons (Fsp3) is 0.263. The zero-order chi connectivity index (χ0) is 17.9. The molecule has 0 saturated heterocycles. The van der Waals surface area contributed by atoms with Crippen LogP contribution >= 0.6 is 0 Å². The van der Waals surface area contributed by atoms with Crippen LogP contribution in [0.5, 0.6) is 0 Å². The third-order valence-corrected chi connectivity index (χ3v) is 4.38. The van der Waals surface area contributed by atoms with Gasteiger partial charge in [-0.1, -0.05) is 30.3 Å². The number of H-pyrrole nitrogens is 1. The Balaban J connectivity index is 1.37. The molecular weight excluding hydrogens is 330 g/mol. The summed E-state index contributed by atoms with van der Waals surface area (Å²) < 4.78 is 1.41. The molecule has 0 atom stereocenters. The van der Waals surface area contributed by atoms with Crippen LogP contribution in [0.1, 0.15) is 34.9 Å². The third-order valence-electron chi connectivity index (χ3n) is 4.38. The SMILES string of the molecule is O=C(NCCn1nc(C2CC2)ccc1=O)c1cc(-c2ccccc2)n[nH]1. The van der Waals surface area contributed by atoms with Crippen LogP contribution in [0, 0.1) is 0 Å². The molecule has 1 saturated carbocycles. The molecule has 1 amide bonds. The molecule has 4 rings (SSSR count).